The fourth-order valence-corrected chi connectivity index (χ4v) is 5.34. The fraction of sp³-hybridized carbons (Fsp3) is 0.100. The van der Waals surface area contributed by atoms with Crippen molar-refractivity contribution in [3.8, 4) is 22.2 Å². The lowest BCUT2D eigenvalue weighted by molar-refractivity contribution is 0.432. The second kappa shape index (κ2) is 7.62. The standard InChI is InChI=1S/C20H15F2N3O3S2/c1-12-4-3-5-13(10-12)19-23-20(28-24-19)18-17(8-9-29-18)30(26,27)25(2)14-6-7-15(21)16(22)11-14/h3-11H,1-2H3. The van der Waals surface area contributed by atoms with Gasteiger partial charge in [0.25, 0.3) is 15.9 Å². The molecule has 0 aliphatic carbocycles. The third-order valence-electron chi connectivity index (χ3n) is 4.43. The molecule has 0 N–H and O–H groups in total. The highest BCUT2D eigenvalue weighted by Crippen LogP contribution is 2.35. The van der Waals surface area contributed by atoms with Crippen LogP contribution in [-0.2, 0) is 10.0 Å². The number of rotatable bonds is 5. The van der Waals surface area contributed by atoms with Gasteiger partial charge < -0.3 is 4.52 Å². The molecule has 0 aliphatic heterocycles. The Morgan fingerprint density at radius 1 is 1.07 bits per heavy atom. The number of anilines is 1. The molecule has 0 unspecified atom stereocenters. The van der Waals surface area contributed by atoms with Crippen LogP contribution in [0.1, 0.15) is 5.56 Å². The van der Waals surface area contributed by atoms with E-state index < -0.39 is 21.7 Å². The summed E-state index contributed by atoms with van der Waals surface area (Å²) in [6, 6.07) is 11.8. The van der Waals surface area contributed by atoms with Gasteiger partial charge in [0.15, 0.2) is 11.6 Å². The first-order chi connectivity index (χ1) is 14.3. The molecule has 2 aromatic carbocycles. The van der Waals surface area contributed by atoms with Crippen LogP contribution >= 0.6 is 11.3 Å². The summed E-state index contributed by atoms with van der Waals surface area (Å²) in [6.07, 6.45) is 0. The minimum Gasteiger partial charge on any atom is -0.333 e. The Kier molecular flexibility index (Phi) is 5.12. The van der Waals surface area contributed by atoms with Crippen molar-refractivity contribution in [1.82, 2.24) is 10.1 Å². The van der Waals surface area contributed by atoms with Crippen molar-refractivity contribution < 1.29 is 21.7 Å². The van der Waals surface area contributed by atoms with E-state index in [1.165, 1.54) is 19.2 Å². The zero-order valence-corrected chi connectivity index (χ0v) is 17.5. The number of hydrogen-bond donors (Lipinski definition) is 0. The number of nitrogens with zero attached hydrogens (tertiary/aromatic N) is 3. The molecule has 2 heterocycles. The fourth-order valence-electron chi connectivity index (χ4n) is 2.84. The van der Waals surface area contributed by atoms with Crippen LogP contribution in [0.5, 0.6) is 0 Å². The van der Waals surface area contributed by atoms with Crippen molar-refractivity contribution in [2.45, 2.75) is 11.8 Å². The number of aromatic nitrogens is 2. The third-order valence-corrected chi connectivity index (χ3v) is 7.29. The van der Waals surface area contributed by atoms with Crippen molar-refractivity contribution in [3.63, 3.8) is 0 Å². The molecule has 6 nitrogen and oxygen atoms in total. The maximum Gasteiger partial charge on any atom is 0.269 e. The van der Waals surface area contributed by atoms with E-state index in [1.54, 1.807) is 5.38 Å². The number of sulfonamides is 1. The molecule has 4 rings (SSSR count). The molecule has 0 radical (unpaired) electrons. The minimum atomic E-state index is -4.09. The van der Waals surface area contributed by atoms with Crippen molar-refractivity contribution in [3.05, 3.63) is 71.1 Å². The van der Waals surface area contributed by atoms with E-state index in [2.05, 4.69) is 10.1 Å². The first kappa shape index (κ1) is 20.2. The Bertz CT molecular complexity index is 1330. The van der Waals surface area contributed by atoms with Crippen LogP contribution in [0.15, 0.2) is 63.3 Å². The zero-order chi connectivity index (χ0) is 21.5. The van der Waals surface area contributed by atoms with Gasteiger partial charge in [-0.2, -0.15) is 4.98 Å². The second-order valence-electron chi connectivity index (χ2n) is 6.48. The van der Waals surface area contributed by atoms with Crippen LogP contribution < -0.4 is 4.31 Å². The predicted octanol–water partition coefficient (Wildman–Crippen LogP) is 4.88. The van der Waals surface area contributed by atoms with Crippen molar-refractivity contribution in [2.24, 2.45) is 0 Å². The smallest absolute Gasteiger partial charge is 0.269 e. The summed E-state index contributed by atoms with van der Waals surface area (Å²) in [5, 5.41) is 5.53. The van der Waals surface area contributed by atoms with Gasteiger partial charge in [-0.25, -0.2) is 17.2 Å². The predicted molar refractivity (Wildman–Crippen MR) is 110 cm³/mol. The average Bonchev–Trinajstić information content (AvgIpc) is 3.39. The van der Waals surface area contributed by atoms with E-state index >= 15 is 0 Å². The average molecular weight is 447 g/mol. The summed E-state index contributed by atoms with van der Waals surface area (Å²) in [7, 11) is -2.83. The summed E-state index contributed by atoms with van der Waals surface area (Å²) in [6.45, 7) is 1.93. The third kappa shape index (κ3) is 3.59. The quantitative estimate of drug-likeness (QED) is 0.436. The van der Waals surface area contributed by atoms with E-state index in [-0.39, 0.29) is 21.4 Å². The Morgan fingerprint density at radius 3 is 2.60 bits per heavy atom. The van der Waals surface area contributed by atoms with Crippen LogP contribution in [-0.4, -0.2) is 25.6 Å². The number of halogens is 2. The number of aryl methyl sites for hydroxylation is 1. The first-order valence-corrected chi connectivity index (χ1v) is 11.0. The molecule has 0 saturated carbocycles. The lowest BCUT2D eigenvalue weighted by Crippen LogP contribution is -2.26. The van der Waals surface area contributed by atoms with Gasteiger partial charge >= 0.3 is 0 Å². The summed E-state index contributed by atoms with van der Waals surface area (Å²) in [5.41, 5.74) is 1.74. The molecule has 154 valence electrons. The Labute approximate surface area is 175 Å². The molecular formula is C20H15F2N3O3S2. The van der Waals surface area contributed by atoms with E-state index in [4.69, 9.17) is 4.52 Å². The van der Waals surface area contributed by atoms with Crippen LogP contribution in [0.4, 0.5) is 14.5 Å². The lowest BCUT2D eigenvalue weighted by atomic mass is 10.1. The van der Waals surface area contributed by atoms with E-state index in [9.17, 15) is 17.2 Å². The molecule has 0 saturated heterocycles. The Hall–Kier alpha value is -3.11. The molecule has 0 fully saturated rings. The number of benzene rings is 2. The molecular weight excluding hydrogens is 432 g/mol. The molecule has 0 bridgehead atoms. The lowest BCUT2D eigenvalue weighted by Gasteiger charge is -2.19. The Balaban J connectivity index is 1.71. The summed E-state index contributed by atoms with van der Waals surface area (Å²) >= 11 is 1.12. The summed E-state index contributed by atoms with van der Waals surface area (Å²) < 4.78 is 59.2. The highest BCUT2D eigenvalue weighted by atomic mass is 32.2. The monoisotopic (exact) mass is 447 g/mol. The maximum atomic E-state index is 13.6. The normalized spacial score (nSPS) is 11.6. The van der Waals surface area contributed by atoms with Gasteiger partial charge in [-0.15, -0.1) is 11.3 Å². The highest BCUT2D eigenvalue weighted by Gasteiger charge is 2.29. The van der Waals surface area contributed by atoms with Crippen molar-refractivity contribution in [1.29, 1.82) is 0 Å². The molecule has 0 amide bonds. The van der Waals surface area contributed by atoms with Crippen LogP contribution in [0.25, 0.3) is 22.2 Å². The molecule has 0 atom stereocenters. The van der Waals surface area contributed by atoms with Gasteiger partial charge in [-0.3, -0.25) is 4.31 Å². The van der Waals surface area contributed by atoms with Gasteiger partial charge in [0.05, 0.1) is 5.69 Å². The largest absolute Gasteiger partial charge is 0.333 e. The number of hydrogen-bond acceptors (Lipinski definition) is 6. The summed E-state index contributed by atoms with van der Waals surface area (Å²) in [5.74, 6) is -1.81. The molecule has 10 heteroatoms. The SMILES string of the molecule is Cc1cccc(-c2noc(-c3sccc3S(=O)(=O)N(C)c3ccc(F)c(F)c3)n2)c1. The topological polar surface area (TPSA) is 76.3 Å². The second-order valence-corrected chi connectivity index (χ2v) is 9.33. The Morgan fingerprint density at radius 2 is 1.87 bits per heavy atom. The van der Waals surface area contributed by atoms with Gasteiger partial charge in [0.2, 0.25) is 5.82 Å². The summed E-state index contributed by atoms with van der Waals surface area (Å²) in [4.78, 5) is 4.53. The van der Waals surface area contributed by atoms with Crippen LogP contribution in [0, 0.1) is 18.6 Å². The van der Waals surface area contributed by atoms with Gasteiger partial charge in [0, 0.05) is 18.7 Å². The molecule has 0 aliphatic rings. The van der Waals surface area contributed by atoms with E-state index in [0.29, 0.717) is 5.82 Å². The molecule has 2 aromatic heterocycles. The van der Waals surface area contributed by atoms with Crippen molar-refractivity contribution in [2.75, 3.05) is 11.4 Å². The maximum absolute atomic E-state index is 13.6. The van der Waals surface area contributed by atoms with Crippen LogP contribution in [0.2, 0.25) is 0 Å². The number of thiophene rings is 1. The zero-order valence-electron chi connectivity index (χ0n) is 15.8. The van der Waals surface area contributed by atoms with Gasteiger partial charge in [-0.1, -0.05) is 28.9 Å². The minimum absolute atomic E-state index is 0.0166. The van der Waals surface area contributed by atoms with Crippen molar-refractivity contribution >= 4 is 27.0 Å². The van der Waals surface area contributed by atoms with E-state index in [0.717, 1.165) is 38.9 Å². The highest BCUT2D eigenvalue weighted by molar-refractivity contribution is 7.93. The molecule has 0 spiro atoms. The van der Waals surface area contributed by atoms with E-state index in [1.807, 2.05) is 31.2 Å². The molecule has 4 aromatic rings. The van der Waals surface area contributed by atoms with Gasteiger partial charge in [0.1, 0.15) is 9.77 Å². The van der Waals surface area contributed by atoms with Gasteiger partial charge in [-0.05, 0) is 36.6 Å². The molecule has 30 heavy (non-hydrogen) atoms. The first-order valence-electron chi connectivity index (χ1n) is 8.70. The van der Waals surface area contributed by atoms with Crippen LogP contribution in [0.3, 0.4) is 0 Å².